The first-order valence-corrected chi connectivity index (χ1v) is 11.2. The fourth-order valence-electron chi connectivity index (χ4n) is 6.39. The Morgan fingerprint density at radius 2 is 1.80 bits per heavy atom. The van der Waals surface area contributed by atoms with Gasteiger partial charge in [0.25, 0.3) is 0 Å². The summed E-state index contributed by atoms with van der Waals surface area (Å²) < 4.78 is 39.6. The van der Waals surface area contributed by atoms with Crippen LogP contribution < -0.4 is 0 Å². The summed E-state index contributed by atoms with van der Waals surface area (Å²) in [5, 5.41) is 0. The number of likely N-dealkylation sites (tertiary alicyclic amines) is 2. The number of fused-ring (bicyclic) bond motifs is 4. The van der Waals surface area contributed by atoms with E-state index in [1.807, 2.05) is 17.9 Å². The van der Waals surface area contributed by atoms with Gasteiger partial charge in [-0.3, -0.25) is 0 Å². The first kappa shape index (κ1) is 21.5. The predicted octanol–water partition coefficient (Wildman–Crippen LogP) is 5.92. The summed E-state index contributed by atoms with van der Waals surface area (Å²) >= 11 is 0. The van der Waals surface area contributed by atoms with Gasteiger partial charge in [0.05, 0.1) is 6.42 Å². The van der Waals surface area contributed by atoms with Crippen LogP contribution in [0, 0.1) is 5.41 Å². The van der Waals surface area contributed by atoms with E-state index in [4.69, 9.17) is 0 Å². The first-order chi connectivity index (χ1) is 14.0. The molecule has 0 spiro atoms. The van der Waals surface area contributed by atoms with Crippen molar-refractivity contribution < 1.29 is 18.0 Å². The summed E-state index contributed by atoms with van der Waals surface area (Å²) in [6, 6.07) is 7.42. The SMILES string of the molecule is CC[C@H]1CC[C@@H](CC(F)(F)F)N1C(=O)N1CC[C@@]2(C)c3ccccc3C[C@@H]1C2(C)C. The van der Waals surface area contributed by atoms with Gasteiger partial charge in [0.2, 0.25) is 0 Å². The van der Waals surface area contributed by atoms with Crippen LogP contribution in [-0.4, -0.2) is 46.7 Å². The van der Waals surface area contributed by atoms with Gasteiger partial charge in [-0.15, -0.1) is 0 Å². The van der Waals surface area contributed by atoms with E-state index in [0.717, 1.165) is 12.8 Å². The number of benzene rings is 1. The van der Waals surface area contributed by atoms with E-state index in [9.17, 15) is 18.0 Å². The second-order valence-electron chi connectivity index (χ2n) is 10.2. The van der Waals surface area contributed by atoms with Gasteiger partial charge in [0, 0.05) is 30.1 Å². The van der Waals surface area contributed by atoms with Crippen molar-refractivity contribution in [2.45, 2.75) is 95.9 Å². The van der Waals surface area contributed by atoms with Crippen LogP contribution in [0.15, 0.2) is 24.3 Å². The molecule has 0 N–H and O–H groups in total. The Bertz CT molecular complexity index is 821. The van der Waals surface area contributed by atoms with E-state index < -0.39 is 18.6 Å². The Balaban J connectivity index is 1.67. The molecule has 0 unspecified atom stereocenters. The highest BCUT2D eigenvalue weighted by Crippen LogP contribution is 2.56. The lowest BCUT2D eigenvalue weighted by Gasteiger charge is -2.61. The van der Waals surface area contributed by atoms with Crippen LogP contribution in [0.4, 0.5) is 18.0 Å². The van der Waals surface area contributed by atoms with Crippen molar-refractivity contribution in [3.63, 3.8) is 0 Å². The first-order valence-electron chi connectivity index (χ1n) is 11.2. The summed E-state index contributed by atoms with van der Waals surface area (Å²) in [4.78, 5) is 17.3. The standard InChI is InChI=1S/C24H33F3N2O/c1-5-17-10-11-18(15-24(25,26)27)29(17)21(30)28-13-12-23(4)19-9-7-6-8-16(19)14-20(28)22(23,2)3/h6-9,17-18,20H,5,10-15H2,1-4H3/t17-,18-,20+,23-/m0/s1. The molecule has 2 heterocycles. The lowest BCUT2D eigenvalue weighted by atomic mass is 9.51. The number of piperidine rings is 1. The highest BCUT2D eigenvalue weighted by atomic mass is 19.4. The molecule has 0 aromatic heterocycles. The molecule has 2 amide bonds. The van der Waals surface area contributed by atoms with Crippen LogP contribution in [-0.2, 0) is 11.8 Å². The molecule has 2 saturated heterocycles. The zero-order valence-corrected chi connectivity index (χ0v) is 18.4. The molecular formula is C24H33F3N2O. The molecule has 1 aliphatic carbocycles. The molecule has 0 radical (unpaired) electrons. The molecule has 4 rings (SSSR count). The van der Waals surface area contributed by atoms with Crippen molar-refractivity contribution in [1.82, 2.24) is 9.80 Å². The number of amides is 2. The molecule has 2 aliphatic heterocycles. The zero-order chi connectivity index (χ0) is 21.9. The molecule has 30 heavy (non-hydrogen) atoms. The van der Waals surface area contributed by atoms with Crippen molar-refractivity contribution >= 4 is 6.03 Å². The highest BCUT2D eigenvalue weighted by molar-refractivity contribution is 5.76. The van der Waals surface area contributed by atoms with Crippen LogP contribution in [0.3, 0.4) is 0 Å². The van der Waals surface area contributed by atoms with E-state index >= 15 is 0 Å². The number of rotatable bonds is 2. The van der Waals surface area contributed by atoms with Gasteiger partial charge in [-0.2, -0.15) is 13.2 Å². The van der Waals surface area contributed by atoms with Gasteiger partial charge in [-0.05, 0) is 48.6 Å². The largest absolute Gasteiger partial charge is 0.391 e. The maximum atomic E-state index is 13.8. The van der Waals surface area contributed by atoms with Crippen LogP contribution >= 0.6 is 0 Å². The Labute approximate surface area is 177 Å². The molecular weight excluding hydrogens is 389 g/mol. The van der Waals surface area contributed by atoms with Crippen molar-refractivity contribution in [2.24, 2.45) is 5.41 Å². The molecule has 166 valence electrons. The molecule has 3 nitrogen and oxygen atoms in total. The summed E-state index contributed by atoms with van der Waals surface area (Å²) in [7, 11) is 0. The number of nitrogens with zero attached hydrogens (tertiary/aromatic N) is 2. The summed E-state index contributed by atoms with van der Waals surface area (Å²) in [6.45, 7) is 9.30. The van der Waals surface area contributed by atoms with Gasteiger partial charge < -0.3 is 9.80 Å². The quantitative estimate of drug-likeness (QED) is 0.581. The third-order valence-electron chi connectivity index (χ3n) is 8.53. The van der Waals surface area contributed by atoms with Crippen molar-refractivity contribution in [3.05, 3.63) is 35.4 Å². The third-order valence-corrected chi connectivity index (χ3v) is 8.53. The van der Waals surface area contributed by atoms with Crippen molar-refractivity contribution in [3.8, 4) is 0 Å². The topological polar surface area (TPSA) is 23.6 Å². The number of halogens is 3. The summed E-state index contributed by atoms with van der Waals surface area (Å²) in [6.07, 6.45) is -1.78. The maximum absolute atomic E-state index is 13.8. The maximum Gasteiger partial charge on any atom is 0.391 e. The van der Waals surface area contributed by atoms with E-state index in [1.165, 1.54) is 11.1 Å². The molecule has 3 aliphatic rings. The Morgan fingerprint density at radius 1 is 1.13 bits per heavy atom. The van der Waals surface area contributed by atoms with Crippen molar-refractivity contribution in [1.29, 1.82) is 0 Å². The Morgan fingerprint density at radius 3 is 2.47 bits per heavy atom. The molecule has 2 fully saturated rings. The molecule has 0 saturated carbocycles. The number of carbonyl (C=O) groups excluding carboxylic acids is 1. The number of carbonyl (C=O) groups is 1. The van der Waals surface area contributed by atoms with Gasteiger partial charge in [-0.25, -0.2) is 4.79 Å². The fourth-order valence-corrected chi connectivity index (χ4v) is 6.39. The van der Waals surface area contributed by atoms with Crippen molar-refractivity contribution in [2.75, 3.05) is 6.54 Å². The van der Waals surface area contributed by atoms with Gasteiger partial charge in [0.1, 0.15) is 0 Å². The number of urea groups is 1. The molecule has 1 aromatic rings. The number of hydrogen-bond donors (Lipinski definition) is 0. The Hall–Kier alpha value is -1.72. The molecule has 2 bridgehead atoms. The normalized spacial score (nSPS) is 32.8. The minimum absolute atomic E-state index is 0.0108. The van der Waals surface area contributed by atoms with E-state index in [0.29, 0.717) is 25.8 Å². The minimum Gasteiger partial charge on any atom is -0.321 e. The second kappa shape index (κ2) is 7.16. The zero-order valence-electron chi connectivity index (χ0n) is 18.4. The average Bonchev–Trinajstić information content (AvgIpc) is 3.05. The average molecular weight is 423 g/mol. The van der Waals surface area contributed by atoms with Gasteiger partial charge in [-0.1, -0.05) is 52.0 Å². The third kappa shape index (κ3) is 3.21. The van der Waals surface area contributed by atoms with Crippen LogP contribution in [0.25, 0.3) is 0 Å². The molecule has 1 aromatic carbocycles. The van der Waals surface area contributed by atoms with E-state index in [1.54, 1.807) is 4.90 Å². The highest BCUT2D eigenvalue weighted by Gasteiger charge is 2.58. The van der Waals surface area contributed by atoms with Crippen LogP contribution in [0.1, 0.15) is 70.9 Å². The fraction of sp³-hybridized carbons (Fsp3) is 0.708. The number of hydrogen-bond acceptors (Lipinski definition) is 1. The lowest BCUT2D eigenvalue weighted by molar-refractivity contribution is -0.144. The minimum atomic E-state index is -4.25. The lowest BCUT2D eigenvalue weighted by Crippen LogP contribution is -2.67. The van der Waals surface area contributed by atoms with E-state index in [-0.39, 0.29) is 28.9 Å². The number of alkyl halides is 3. The predicted molar refractivity (Wildman–Crippen MR) is 111 cm³/mol. The van der Waals surface area contributed by atoms with Crippen LogP contribution in [0.2, 0.25) is 0 Å². The monoisotopic (exact) mass is 422 g/mol. The summed E-state index contributed by atoms with van der Waals surface area (Å²) in [5.41, 5.74) is 2.42. The Kier molecular flexibility index (Phi) is 5.14. The smallest absolute Gasteiger partial charge is 0.321 e. The van der Waals surface area contributed by atoms with Gasteiger partial charge in [0.15, 0.2) is 0 Å². The second-order valence-corrected chi connectivity index (χ2v) is 10.2. The molecule has 6 heteroatoms. The summed E-state index contributed by atoms with van der Waals surface area (Å²) in [5.74, 6) is 0. The van der Waals surface area contributed by atoms with E-state index in [2.05, 4.69) is 39.0 Å². The molecule has 4 atom stereocenters. The van der Waals surface area contributed by atoms with Gasteiger partial charge >= 0.3 is 12.2 Å². The van der Waals surface area contributed by atoms with Crippen LogP contribution in [0.5, 0.6) is 0 Å².